The van der Waals surface area contributed by atoms with Gasteiger partial charge in [0.05, 0.1) is 12.3 Å². The molecule has 1 atom stereocenters. The summed E-state index contributed by atoms with van der Waals surface area (Å²) in [6.07, 6.45) is 5.41. The number of anilines is 1. The molecule has 0 radical (unpaired) electrons. The second-order valence-electron chi connectivity index (χ2n) is 7.30. The number of hydrogen-bond acceptors (Lipinski definition) is 5. The molecule has 0 fully saturated rings. The Balaban J connectivity index is 1.85. The lowest BCUT2D eigenvalue weighted by atomic mass is 9.88. The predicted octanol–water partition coefficient (Wildman–Crippen LogP) is 5.14. The molecule has 2 aromatic carbocycles. The number of rotatable bonds is 7. The number of hydrogen-bond donors (Lipinski definition) is 2. The molecule has 0 aliphatic carbocycles. The third kappa shape index (κ3) is 4.41. The first-order valence-electron chi connectivity index (χ1n) is 10.2. The summed E-state index contributed by atoms with van der Waals surface area (Å²) >= 11 is 1.08. The van der Waals surface area contributed by atoms with Crippen LogP contribution in [0, 0.1) is 18.2 Å². The average molecular weight is 466 g/mol. The van der Waals surface area contributed by atoms with Gasteiger partial charge in [0.15, 0.2) is 11.5 Å². The minimum Gasteiger partial charge on any atom is -0.490 e. The molecule has 1 aliphatic heterocycles. The topological polar surface area (TPSA) is 84.9 Å². The number of carboxylic acids is 1. The first-order chi connectivity index (χ1) is 15.9. The highest BCUT2D eigenvalue weighted by Crippen LogP contribution is 2.50. The van der Waals surface area contributed by atoms with E-state index in [9.17, 15) is 19.1 Å². The maximum atomic E-state index is 13.9. The zero-order valence-electron chi connectivity index (χ0n) is 17.7. The fraction of sp³-hybridized carbons (Fsp3) is 0.200. The Morgan fingerprint density at radius 3 is 2.79 bits per heavy atom. The molecule has 6 nitrogen and oxygen atoms in total. The summed E-state index contributed by atoms with van der Waals surface area (Å²) in [5.41, 5.74) is 1.86. The zero-order chi connectivity index (χ0) is 23.5. The molecule has 0 saturated carbocycles. The molecular weight excluding hydrogens is 445 g/mol. The third-order valence-electron chi connectivity index (χ3n) is 5.19. The number of nitrogens with one attached hydrogen (secondary N) is 1. The van der Waals surface area contributed by atoms with Crippen molar-refractivity contribution >= 4 is 28.9 Å². The lowest BCUT2D eigenvalue weighted by molar-refractivity contribution is -0.116. The largest absolute Gasteiger partial charge is 0.490 e. The van der Waals surface area contributed by atoms with Crippen molar-refractivity contribution < 1.29 is 28.6 Å². The van der Waals surface area contributed by atoms with E-state index in [1.807, 2.05) is 13.0 Å². The molecule has 1 aromatic heterocycles. The fourth-order valence-electron chi connectivity index (χ4n) is 3.87. The van der Waals surface area contributed by atoms with Gasteiger partial charge in [-0.25, -0.2) is 9.18 Å². The first-order valence-corrected chi connectivity index (χ1v) is 11.0. The van der Waals surface area contributed by atoms with Crippen molar-refractivity contribution in [2.45, 2.75) is 19.3 Å². The number of aromatic carboxylic acids is 1. The lowest BCUT2D eigenvalue weighted by Crippen LogP contribution is -2.22. The van der Waals surface area contributed by atoms with Crippen LogP contribution in [0.15, 0.2) is 42.5 Å². The molecule has 2 N–H and O–H groups in total. The van der Waals surface area contributed by atoms with Gasteiger partial charge in [-0.05, 0) is 42.3 Å². The maximum absolute atomic E-state index is 13.9. The van der Waals surface area contributed by atoms with Gasteiger partial charge in [0, 0.05) is 22.8 Å². The van der Waals surface area contributed by atoms with E-state index >= 15 is 0 Å². The second-order valence-corrected chi connectivity index (χ2v) is 8.35. The van der Waals surface area contributed by atoms with E-state index in [4.69, 9.17) is 15.9 Å². The van der Waals surface area contributed by atoms with Crippen LogP contribution < -0.4 is 14.8 Å². The molecule has 168 valence electrons. The Labute approximate surface area is 194 Å². The standard InChI is InChI=1S/C25H20FNO5S/c1-3-10-32-18-9-8-14(12-19(18)31-4-2)17-13-20(28)27-22-21(15-6-5-7-16(26)11-15)24(25(29)30)33-23(17)22/h1,5-9,11-12,17H,4,10,13H2,2H3,(H,27,28)(H,29,30)/t17-/m0/s1. The first kappa shape index (κ1) is 22.4. The van der Waals surface area contributed by atoms with Crippen molar-refractivity contribution in [1.29, 1.82) is 0 Å². The van der Waals surface area contributed by atoms with Gasteiger partial charge >= 0.3 is 5.97 Å². The molecule has 3 aromatic rings. The summed E-state index contributed by atoms with van der Waals surface area (Å²) in [7, 11) is 0. The van der Waals surface area contributed by atoms with Gasteiger partial charge < -0.3 is 19.9 Å². The predicted molar refractivity (Wildman–Crippen MR) is 124 cm³/mol. The molecule has 2 heterocycles. The van der Waals surface area contributed by atoms with Gasteiger partial charge in [-0.15, -0.1) is 17.8 Å². The van der Waals surface area contributed by atoms with Crippen molar-refractivity contribution in [3.63, 3.8) is 0 Å². The van der Waals surface area contributed by atoms with Crippen LogP contribution in [0.4, 0.5) is 10.1 Å². The molecule has 0 bridgehead atoms. The second kappa shape index (κ2) is 9.35. The third-order valence-corrected chi connectivity index (χ3v) is 6.49. The molecule has 0 saturated heterocycles. The molecular formula is C25H20FNO5S. The number of fused-ring (bicyclic) bond motifs is 1. The van der Waals surface area contributed by atoms with Crippen molar-refractivity contribution in [2.75, 3.05) is 18.5 Å². The Bertz CT molecular complexity index is 1280. The Morgan fingerprint density at radius 1 is 1.27 bits per heavy atom. The number of carbonyl (C=O) groups excluding carboxylic acids is 1. The minimum absolute atomic E-state index is 0.0387. The normalized spacial score (nSPS) is 14.7. The van der Waals surface area contributed by atoms with E-state index in [1.54, 1.807) is 18.2 Å². The van der Waals surface area contributed by atoms with Crippen LogP contribution in [0.1, 0.15) is 39.4 Å². The number of carbonyl (C=O) groups is 2. The van der Waals surface area contributed by atoms with Gasteiger partial charge in [-0.1, -0.05) is 24.1 Å². The summed E-state index contributed by atoms with van der Waals surface area (Å²) in [5, 5.41) is 12.7. The molecule has 0 unspecified atom stereocenters. The van der Waals surface area contributed by atoms with E-state index in [0.29, 0.717) is 39.8 Å². The van der Waals surface area contributed by atoms with Crippen LogP contribution in [0.25, 0.3) is 11.1 Å². The van der Waals surface area contributed by atoms with Crippen molar-refractivity contribution in [3.8, 4) is 35.0 Å². The monoisotopic (exact) mass is 465 g/mol. The number of halogens is 1. The molecule has 0 spiro atoms. The van der Waals surface area contributed by atoms with Crippen molar-refractivity contribution in [3.05, 3.63) is 63.6 Å². The fourth-order valence-corrected chi connectivity index (χ4v) is 5.12. The highest BCUT2D eigenvalue weighted by atomic mass is 32.1. The number of thiophene rings is 1. The summed E-state index contributed by atoms with van der Waals surface area (Å²) in [4.78, 5) is 25.4. The SMILES string of the molecule is C#CCOc1ccc([C@@H]2CC(=O)Nc3c2sc(C(=O)O)c3-c2cccc(F)c2)cc1OCC. The summed E-state index contributed by atoms with van der Waals surface area (Å²) < 4.78 is 25.2. The van der Waals surface area contributed by atoms with Gasteiger partial charge in [0.2, 0.25) is 5.91 Å². The quantitative estimate of drug-likeness (QED) is 0.472. The lowest BCUT2D eigenvalue weighted by Gasteiger charge is -2.24. The van der Waals surface area contributed by atoms with Crippen LogP contribution >= 0.6 is 11.3 Å². The molecule has 1 amide bonds. The number of terminal acetylenes is 1. The van der Waals surface area contributed by atoms with E-state index in [0.717, 1.165) is 16.9 Å². The molecule has 8 heteroatoms. The smallest absolute Gasteiger partial charge is 0.346 e. The highest BCUT2D eigenvalue weighted by Gasteiger charge is 2.35. The van der Waals surface area contributed by atoms with Gasteiger partial charge in [0.25, 0.3) is 0 Å². The maximum Gasteiger partial charge on any atom is 0.346 e. The minimum atomic E-state index is -1.14. The Kier molecular flexibility index (Phi) is 6.33. The molecule has 33 heavy (non-hydrogen) atoms. The highest BCUT2D eigenvalue weighted by molar-refractivity contribution is 7.15. The number of benzene rings is 2. The van der Waals surface area contributed by atoms with Crippen LogP contribution in [-0.2, 0) is 4.79 Å². The van der Waals surface area contributed by atoms with Gasteiger partial charge in [-0.2, -0.15) is 0 Å². The van der Waals surface area contributed by atoms with Gasteiger partial charge in [0.1, 0.15) is 17.3 Å². The van der Waals surface area contributed by atoms with Gasteiger partial charge in [-0.3, -0.25) is 4.79 Å². The van der Waals surface area contributed by atoms with Crippen LogP contribution in [-0.4, -0.2) is 30.2 Å². The Hall–Kier alpha value is -3.83. The van der Waals surface area contributed by atoms with Crippen LogP contribution in [0.3, 0.4) is 0 Å². The summed E-state index contributed by atoms with van der Waals surface area (Å²) in [6.45, 7) is 2.32. The Morgan fingerprint density at radius 2 is 2.09 bits per heavy atom. The summed E-state index contributed by atoms with van der Waals surface area (Å²) in [6, 6.07) is 11.0. The van der Waals surface area contributed by atoms with E-state index in [1.165, 1.54) is 18.2 Å². The van der Waals surface area contributed by atoms with Crippen molar-refractivity contribution in [2.24, 2.45) is 0 Å². The van der Waals surface area contributed by atoms with Crippen LogP contribution in [0.5, 0.6) is 11.5 Å². The number of amides is 1. The number of ether oxygens (including phenoxy) is 2. The van der Waals surface area contributed by atoms with E-state index < -0.39 is 17.7 Å². The number of carboxylic acid groups (broad SMARTS) is 1. The molecule has 1 aliphatic rings. The zero-order valence-corrected chi connectivity index (χ0v) is 18.5. The summed E-state index contributed by atoms with van der Waals surface area (Å²) in [5.74, 6) is 1.08. The van der Waals surface area contributed by atoms with Crippen molar-refractivity contribution in [1.82, 2.24) is 0 Å². The van der Waals surface area contributed by atoms with E-state index in [2.05, 4.69) is 11.2 Å². The molecule has 4 rings (SSSR count). The van der Waals surface area contributed by atoms with Crippen LogP contribution in [0.2, 0.25) is 0 Å². The van der Waals surface area contributed by atoms with E-state index in [-0.39, 0.29) is 23.8 Å². The average Bonchev–Trinajstić information content (AvgIpc) is 3.17.